The number of aromatic nitrogens is 1. The molecule has 1 aromatic rings. The maximum atomic E-state index is 11.7. The van der Waals surface area contributed by atoms with Crippen molar-refractivity contribution < 1.29 is 9.53 Å². The minimum Gasteiger partial charge on any atom is -0.366 e. The largest absolute Gasteiger partial charge is 0.366 e. The Morgan fingerprint density at radius 2 is 2.11 bits per heavy atom. The van der Waals surface area contributed by atoms with Gasteiger partial charge in [-0.25, -0.2) is 4.98 Å². The third-order valence-corrected chi connectivity index (χ3v) is 3.86. The first-order valence-corrected chi connectivity index (χ1v) is 6.87. The van der Waals surface area contributed by atoms with Crippen LogP contribution in [-0.4, -0.2) is 10.9 Å². The SMILES string of the molecule is CC(C)Cc1nc2c(c3c1COC3(C)C)CC(=O)N2. The summed E-state index contributed by atoms with van der Waals surface area (Å²) >= 11 is 0. The minimum absolute atomic E-state index is 0.0362. The van der Waals surface area contributed by atoms with Crippen molar-refractivity contribution in [3.05, 3.63) is 22.4 Å². The van der Waals surface area contributed by atoms with Gasteiger partial charge in [0.05, 0.1) is 18.6 Å². The van der Waals surface area contributed by atoms with E-state index in [4.69, 9.17) is 4.74 Å². The zero-order valence-corrected chi connectivity index (χ0v) is 12.0. The molecule has 0 spiro atoms. The second kappa shape index (κ2) is 4.04. The van der Waals surface area contributed by atoms with Gasteiger partial charge in [0.15, 0.2) is 0 Å². The lowest BCUT2D eigenvalue weighted by molar-refractivity contribution is -0.115. The predicted octanol–water partition coefficient (Wildman–Crippen LogP) is 2.54. The molecule has 0 radical (unpaired) electrons. The lowest BCUT2D eigenvalue weighted by Gasteiger charge is -2.21. The highest BCUT2D eigenvalue weighted by Crippen LogP contribution is 2.43. The Balaban J connectivity index is 2.19. The van der Waals surface area contributed by atoms with Crippen molar-refractivity contribution >= 4 is 11.7 Å². The van der Waals surface area contributed by atoms with E-state index in [1.54, 1.807) is 0 Å². The van der Waals surface area contributed by atoms with Crippen molar-refractivity contribution in [2.45, 2.75) is 52.7 Å². The van der Waals surface area contributed by atoms with Gasteiger partial charge >= 0.3 is 0 Å². The monoisotopic (exact) mass is 260 g/mol. The van der Waals surface area contributed by atoms with E-state index >= 15 is 0 Å². The molecule has 2 aliphatic heterocycles. The zero-order valence-electron chi connectivity index (χ0n) is 12.0. The number of carbonyl (C=O) groups excluding carboxylic acids is 1. The molecule has 0 saturated carbocycles. The van der Waals surface area contributed by atoms with Crippen LogP contribution in [0.15, 0.2) is 0 Å². The number of nitrogens with one attached hydrogen (secondary N) is 1. The van der Waals surface area contributed by atoms with Gasteiger partial charge in [-0.05, 0) is 31.7 Å². The molecule has 2 aliphatic rings. The summed E-state index contributed by atoms with van der Waals surface area (Å²) in [5.41, 5.74) is 4.19. The van der Waals surface area contributed by atoms with Gasteiger partial charge in [-0.3, -0.25) is 4.79 Å². The summed E-state index contributed by atoms with van der Waals surface area (Å²) < 4.78 is 5.91. The third kappa shape index (κ3) is 1.94. The number of fused-ring (bicyclic) bond motifs is 3. The number of carbonyl (C=O) groups is 1. The molecule has 102 valence electrons. The standard InChI is InChI=1S/C15H20N2O2/c1-8(2)5-11-10-7-19-15(3,4)13(10)9-6-12(18)17-14(9)16-11/h8H,5-7H2,1-4H3,(H,16,17,18). The molecule has 0 fully saturated rings. The third-order valence-electron chi connectivity index (χ3n) is 3.86. The minimum atomic E-state index is -0.319. The molecule has 0 saturated heterocycles. The molecule has 0 aliphatic carbocycles. The van der Waals surface area contributed by atoms with E-state index in [0.717, 1.165) is 23.5 Å². The second-order valence-corrected chi connectivity index (χ2v) is 6.36. The molecule has 0 aromatic carbocycles. The predicted molar refractivity (Wildman–Crippen MR) is 72.9 cm³/mol. The Morgan fingerprint density at radius 3 is 2.79 bits per heavy atom. The van der Waals surface area contributed by atoms with Gasteiger partial charge in [0, 0.05) is 16.8 Å². The summed E-state index contributed by atoms with van der Waals surface area (Å²) in [4.78, 5) is 16.3. The highest BCUT2D eigenvalue weighted by Gasteiger charge is 2.39. The average molecular weight is 260 g/mol. The Kier molecular flexibility index (Phi) is 2.68. The first-order valence-electron chi connectivity index (χ1n) is 6.87. The molecule has 4 heteroatoms. The number of nitrogens with zero attached hydrogens (tertiary/aromatic N) is 1. The molecule has 1 amide bonds. The van der Waals surface area contributed by atoms with Gasteiger partial charge in [-0.1, -0.05) is 13.8 Å². The summed E-state index contributed by atoms with van der Waals surface area (Å²) in [6, 6.07) is 0. The molecule has 3 rings (SSSR count). The molecular weight excluding hydrogens is 240 g/mol. The number of amides is 1. The van der Waals surface area contributed by atoms with Crippen molar-refractivity contribution in [2.24, 2.45) is 5.92 Å². The summed E-state index contributed by atoms with van der Waals surface area (Å²) in [6.07, 6.45) is 1.35. The summed E-state index contributed by atoms with van der Waals surface area (Å²) in [5.74, 6) is 1.32. The van der Waals surface area contributed by atoms with Crippen LogP contribution in [0.3, 0.4) is 0 Å². The molecule has 0 unspecified atom stereocenters. The van der Waals surface area contributed by atoms with Crippen molar-refractivity contribution in [1.29, 1.82) is 0 Å². The molecular formula is C15H20N2O2. The van der Waals surface area contributed by atoms with E-state index in [2.05, 4.69) is 38.0 Å². The molecule has 1 aromatic heterocycles. The average Bonchev–Trinajstić information content (AvgIpc) is 2.77. The van der Waals surface area contributed by atoms with Crippen LogP contribution in [0.25, 0.3) is 0 Å². The van der Waals surface area contributed by atoms with Crippen LogP contribution >= 0.6 is 0 Å². The smallest absolute Gasteiger partial charge is 0.230 e. The van der Waals surface area contributed by atoms with Crippen LogP contribution < -0.4 is 5.32 Å². The van der Waals surface area contributed by atoms with E-state index in [0.29, 0.717) is 18.9 Å². The number of pyridine rings is 1. The van der Waals surface area contributed by atoms with E-state index in [9.17, 15) is 4.79 Å². The number of anilines is 1. The van der Waals surface area contributed by atoms with Gasteiger partial charge in [-0.2, -0.15) is 0 Å². The first kappa shape index (κ1) is 12.6. The second-order valence-electron chi connectivity index (χ2n) is 6.36. The highest BCUT2D eigenvalue weighted by molar-refractivity contribution is 5.98. The highest BCUT2D eigenvalue weighted by atomic mass is 16.5. The van der Waals surface area contributed by atoms with Crippen molar-refractivity contribution in [2.75, 3.05) is 5.32 Å². The van der Waals surface area contributed by atoms with Gasteiger partial charge < -0.3 is 10.1 Å². The normalized spacial score (nSPS) is 19.5. The summed E-state index contributed by atoms with van der Waals surface area (Å²) in [7, 11) is 0. The quantitative estimate of drug-likeness (QED) is 0.889. The first-order chi connectivity index (χ1) is 8.88. The van der Waals surface area contributed by atoms with Gasteiger partial charge in [0.2, 0.25) is 5.91 Å². The van der Waals surface area contributed by atoms with Gasteiger partial charge in [0.1, 0.15) is 5.82 Å². The number of rotatable bonds is 2. The fourth-order valence-electron chi connectivity index (χ4n) is 3.09. The van der Waals surface area contributed by atoms with E-state index in [-0.39, 0.29) is 11.5 Å². The number of hydrogen-bond acceptors (Lipinski definition) is 3. The Labute approximate surface area is 113 Å². The number of hydrogen-bond donors (Lipinski definition) is 1. The van der Waals surface area contributed by atoms with Crippen LogP contribution in [-0.2, 0) is 34.6 Å². The summed E-state index contributed by atoms with van der Waals surface area (Å²) in [6.45, 7) is 9.11. The van der Waals surface area contributed by atoms with E-state index < -0.39 is 0 Å². The Morgan fingerprint density at radius 1 is 1.37 bits per heavy atom. The fourth-order valence-corrected chi connectivity index (χ4v) is 3.09. The molecule has 1 N–H and O–H groups in total. The zero-order chi connectivity index (χ0) is 13.8. The van der Waals surface area contributed by atoms with Crippen LogP contribution in [0.5, 0.6) is 0 Å². The van der Waals surface area contributed by atoms with E-state index in [1.807, 2.05) is 0 Å². The molecule has 3 heterocycles. The molecule has 0 atom stereocenters. The van der Waals surface area contributed by atoms with Crippen LogP contribution in [0.2, 0.25) is 0 Å². The fraction of sp³-hybridized carbons (Fsp3) is 0.600. The Bertz CT molecular complexity index is 562. The van der Waals surface area contributed by atoms with Crippen molar-refractivity contribution in [1.82, 2.24) is 4.98 Å². The van der Waals surface area contributed by atoms with Gasteiger partial charge in [-0.15, -0.1) is 0 Å². The lowest BCUT2D eigenvalue weighted by atomic mass is 9.88. The lowest BCUT2D eigenvalue weighted by Crippen LogP contribution is -2.17. The molecule has 19 heavy (non-hydrogen) atoms. The summed E-state index contributed by atoms with van der Waals surface area (Å²) in [5, 5.41) is 2.87. The van der Waals surface area contributed by atoms with Crippen LogP contribution in [0.1, 0.15) is 50.1 Å². The van der Waals surface area contributed by atoms with Crippen molar-refractivity contribution in [3.63, 3.8) is 0 Å². The van der Waals surface area contributed by atoms with Gasteiger partial charge in [0.25, 0.3) is 0 Å². The molecule has 4 nitrogen and oxygen atoms in total. The van der Waals surface area contributed by atoms with Crippen LogP contribution in [0, 0.1) is 5.92 Å². The molecule has 0 bridgehead atoms. The topological polar surface area (TPSA) is 51.2 Å². The Hall–Kier alpha value is -1.42. The van der Waals surface area contributed by atoms with Crippen molar-refractivity contribution in [3.8, 4) is 0 Å². The van der Waals surface area contributed by atoms with Crippen LogP contribution in [0.4, 0.5) is 5.82 Å². The van der Waals surface area contributed by atoms with E-state index in [1.165, 1.54) is 11.1 Å². The maximum Gasteiger partial charge on any atom is 0.230 e. The number of ether oxygens (including phenoxy) is 1. The maximum absolute atomic E-state index is 11.7.